The average molecular weight is 341 g/mol. The number of amides is 1. The van der Waals surface area contributed by atoms with Gasteiger partial charge in [0.15, 0.2) is 0 Å². The summed E-state index contributed by atoms with van der Waals surface area (Å²) in [6.07, 6.45) is 5.98. The van der Waals surface area contributed by atoms with Crippen molar-refractivity contribution >= 4 is 27.5 Å². The lowest BCUT2D eigenvalue weighted by atomic mass is 9.71. The Morgan fingerprint density at radius 2 is 2.05 bits per heavy atom. The summed E-state index contributed by atoms with van der Waals surface area (Å²) in [4.78, 5) is 12.2. The molecule has 110 valence electrons. The maximum Gasteiger partial charge on any atom is 0.225 e. The summed E-state index contributed by atoms with van der Waals surface area (Å²) < 4.78 is 0.816. The second kappa shape index (κ2) is 6.59. The summed E-state index contributed by atoms with van der Waals surface area (Å²) >= 11 is 3.33. The second-order valence-corrected chi connectivity index (χ2v) is 6.57. The zero-order valence-corrected chi connectivity index (χ0v) is 13.1. The van der Waals surface area contributed by atoms with Crippen molar-refractivity contribution in [3.63, 3.8) is 0 Å². The predicted octanol–water partition coefficient (Wildman–Crippen LogP) is 3.39. The smallest absolute Gasteiger partial charge is 0.225 e. The number of hydrogen-bond acceptors (Lipinski definition) is 3. The third-order valence-electron chi connectivity index (χ3n) is 4.12. The zero-order chi connectivity index (χ0) is 14.6. The van der Waals surface area contributed by atoms with Crippen LogP contribution in [0.3, 0.4) is 0 Å². The number of carbonyl (C=O) groups is 1. The summed E-state index contributed by atoms with van der Waals surface area (Å²) in [6, 6.07) is 4.98. The van der Waals surface area contributed by atoms with Crippen LogP contribution in [0.4, 0.5) is 5.69 Å². The van der Waals surface area contributed by atoms with E-state index in [2.05, 4.69) is 21.2 Å². The van der Waals surface area contributed by atoms with Gasteiger partial charge in [0, 0.05) is 10.9 Å². The number of carbonyl (C=O) groups excluding carboxylic acids is 1. The number of anilines is 1. The third kappa shape index (κ3) is 3.73. The van der Waals surface area contributed by atoms with E-state index in [0.717, 1.165) is 30.2 Å². The minimum Gasteiger partial charge on any atom is -0.506 e. The fourth-order valence-electron chi connectivity index (χ4n) is 2.90. The molecule has 0 unspecified atom stereocenters. The molecule has 1 aliphatic rings. The number of phenols is 1. The first-order chi connectivity index (χ1) is 9.54. The number of aromatic hydroxyl groups is 1. The molecule has 20 heavy (non-hydrogen) atoms. The molecule has 0 aromatic heterocycles. The number of nitrogens with one attached hydrogen (secondary N) is 1. The number of benzene rings is 1. The third-order valence-corrected chi connectivity index (χ3v) is 4.61. The Kier molecular flexibility index (Phi) is 5.05. The van der Waals surface area contributed by atoms with Gasteiger partial charge in [0.2, 0.25) is 5.91 Å². The molecule has 1 aliphatic carbocycles. The highest BCUT2D eigenvalue weighted by Gasteiger charge is 2.33. The van der Waals surface area contributed by atoms with Crippen molar-refractivity contribution in [3.8, 4) is 5.75 Å². The molecule has 0 spiro atoms. The molecule has 1 saturated carbocycles. The maximum atomic E-state index is 12.2. The average Bonchev–Trinajstić information content (AvgIpc) is 2.44. The molecule has 4 N–H and O–H groups in total. The van der Waals surface area contributed by atoms with Crippen molar-refractivity contribution in [2.75, 3.05) is 11.9 Å². The highest BCUT2D eigenvalue weighted by Crippen LogP contribution is 2.39. The van der Waals surface area contributed by atoms with Gasteiger partial charge in [-0.2, -0.15) is 0 Å². The molecule has 1 amide bonds. The maximum absolute atomic E-state index is 12.2. The van der Waals surface area contributed by atoms with Gasteiger partial charge in [-0.05, 0) is 43.0 Å². The Balaban J connectivity index is 2.02. The standard InChI is InChI=1S/C15H21BrN2O2/c16-11-4-5-13(19)12(8-11)18-14(20)9-15(10-17)6-2-1-3-7-15/h4-5,8,19H,1-3,6-7,9-10,17H2,(H,18,20). The van der Waals surface area contributed by atoms with Gasteiger partial charge in [-0.15, -0.1) is 0 Å². The first-order valence-corrected chi connectivity index (χ1v) is 7.82. The van der Waals surface area contributed by atoms with Crippen LogP contribution in [0.25, 0.3) is 0 Å². The van der Waals surface area contributed by atoms with E-state index in [0.29, 0.717) is 18.7 Å². The van der Waals surface area contributed by atoms with Crippen LogP contribution in [-0.2, 0) is 4.79 Å². The predicted molar refractivity (Wildman–Crippen MR) is 83.6 cm³/mol. The lowest BCUT2D eigenvalue weighted by molar-refractivity contribution is -0.118. The van der Waals surface area contributed by atoms with Gasteiger partial charge in [-0.1, -0.05) is 35.2 Å². The first kappa shape index (κ1) is 15.3. The van der Waals surface area contributed by atoms with Crippen LogP contribution in [0.1, 0.15) is 38.5 Å². The minimum absolute atomic E-state index is 0.0655. The van der Waals surface area contributed by atoms with Crippen molar-refractivity contribution in [2.45, 2.75) is 38.5 Å². The van der Waals surface area contributed by atoms with Crippen LogP contribution in [-0.4, -0.2) is 17.6 Å². The molecule has 0 saturated heterocycles. The molecule has 0 bridgehead atoms. The van der Waals surface area contributed by atoms with Gasteiger partial charge in [-0.3, -0.25) is 4.79 Å². The molecular weight excluding hydrogens is 320 g/mol. The highest BCUT2D eigenvalue weighted by molar-refractivity contribution is 9.10. The Morgan fingerprint density at radius 1 is 1.35 bits per heavy atom. The molecule has 0 heterocycles. The number of phenolic OH excluding ortho intramolecular Hbond substituents is 1. The topological polar surface area (TPSA) is 75.4 Å². The van der Waals surface area contributed by atoms with Crippen molar-refractivity contribution in [1.82, 2.24) is 0 Å². The monoisotopic (exact) mass is 340 g/mol. The van der Waals surface area contributed by atoms with E-state index >= 15 is 0 Å². The molecule has 5 heteroatoms. The highest BCUT2D eigenvalue weighted by atomic mass is 79.9. The number of nitrogens with two attached hydrogens (primary N) is 1. The van der Waals surface area contributed by atoms with Gasteiger partial charge in [0.1, 0.15) is 5.75 Å². The van der Waals surface area contributed by atoms with E-state index < -0.39 is 0 Å². The van der Waals surface area contributed by atoms with Gasteiger partial charge >= 0.3 is 0 Å². The van der Waals surface area contributed by atoms with Crippen LogP contribution >= 0.6 is 15.9 Å². The van der Waals surface area contributed by atoms with E-state index in [1.807, 2.05) is 0 Å². The van der Waals surface area contributed by atoms with Gasteiger partial charge < -0.3 is 16.2 Å². The van der Waals surface area contributed by atoms with Crippen LogP contribution in [0.5, 0.6) is 5.75 Å². The van der Waals surface area contributed by atoms with Gasteiger partial charge in [-0.25, -0.2) is 0 Å². The molecule has 1 aromatic carbocycles. The molecule has 0 radical (unpaired) electrons. The van der Waals surface area contributed by atoms with Crippen molar-refractivity contribution in [1.29, 1.82) is 0 Å². The van der Waals surface area contributed by atoms with Crippen molar-refractivity contribution < 1.29 is 9.90 Å². The molecular formula is C15H21BrN2O2. The molecule has 2 rings (SSSR count). The van der Waals surface area contributed by atoms with Crippen LogP contribution < -0.4 is 11.1 Å². The number of rotatable bonds is 4. The van der Waals surface area contributed by atoms with Gasteiger partial charge in [0.25, 0.3) is 0 Å². The van der Waals surface area contributed by atoms with E-state index in [1.165, 1.54) is 6.42 Å². The SMILES string of the molecule is NCC1(CC(=O)Nc2cc(Br)ccc2O)CCCCC1. The second-order valence-electron chi connectivity index (χ2n) is 5.65. The largest absolute Gasteiger partial charge is 0.506 e. The van der Waals surface area contributed by atoms with E-state index in [4.69, 9.17) is 5.73 Å². The summed E-state index contributed by atoms with van der Waals surface area (Å²) in [7, 11) is 0. The first-order valence-electron chi connectivity index (χ1n) is 7.03. The summed E-state index contributed by atoms with van der Waals surface area (Å²) in [5.41, 5.74) is 6.27. The quantitative estimate of drug-likeness (QED) is 0.735. The Bertz CT molecular complexity index is 485. The van der Waals surface area contributed by atoms with Crippen molar-refractivity contribution in [2.24, 2.45) is 11.1 Å². The number of halogens is 1. The van der Waals surface area contributed by atoms with Crippen LogP contribution in [0.2, 0.25) is 0 Å². The fraction of sp³-hybridized carbons (Fsp3) is 0.533. The van der Waals surface area contributed by atoms with E-state index in [-0.39, 0.29) is 17.1 Å². The molecule has 0 aliphatic heterocycles. The molecule has 4 nitrogen and oxygen atoms in total. The van der Waals surface area contributed by atoms with Crippen LogP contribution in [0.15, 0.2) is 22.7 Å². The summed E-state index contributed by atoms with van der Waals surface area (Å²) in [5, 5.41) is 12.5. The molecule has 1 fully saturated rings. The fourth-order valence-corrected chi connectivity index (χ4v) is 3.26. The van der Waals surface area contributed by atoms with Crippen molar-refractivity contribution in [3.05, 3.63) is 22.7 Å². The lowest BCUT2D eigenvalue weighted by Gasteiger charge is -2.35. The minimum atomic E-state index is -0.0780. The van der Waals surface area contributed by atoms with E-state index in [1.54, 1.807) is 18.2 Å². The Labute approximate surface area is 127 Å². The zero-order valence-electron chi connectivity index (χ0n) is 11.5. The Hall–Kier alpha value is -1.07. The van der Waals surface area contributed by atoms with Crippen LogP contribution in [0, 0.1) is 5.41 Å². The van der Waals surface area contributed by atoms with Gasteiger partial charge in [0.05, 0.1) is 5.69 Å². The normalized spacial score (nSPS) is 17.7. The lowest BCUT2D eigenvalue weighted by Crippen LogP contribution is -2.36. The summed E-state index contributed by atoms with van der Waals surface area (Å²) in [6.45, 7) is 0.547. The number of hydrogen-bond donors (Lipinski definition) is 3. The van der Waals surface area contributed by atoms with E-state index in [9.17, 15) is 9.90 Å². The Morgan fingerprint density at radius 3 is 2.70 bits per heavy atom. The molecule has 1 aromatic rings. The molecule has 0 atom stereocenters. The summed E-state index contributed by atoms with van der Waals surface area (Å²) in [5.74, 6) is -0.00209.